The lowest BCUT2D eigenvalue weighted by molar-refractivity contribution is 0.0260. The van der Waals surface area contributed by atoms with Crippen molar-refractivity contribution in [3.8, 4) is 0 Å². The highest BCUT2D eigenvalue weighted by molar-refractivity contribution is 5.29. The molecule has 1 aromatic heterocycles. The number of fused-ring (bicyclic) bond motifs is 1. The Kier molecular flexibility index (Phi) is 2.87. The topological polar surface area (TPSA) is 26.0 Å². The highest BCUT2D eigenvalue weighted by Crippen LogP contribution is 2.54. The summed E-state index contributed by atoms with van der Waals surface area (Å²) in [5.41, 5.74) is 1.75. The van der Waals surface area contributed by atoms with Crippen LogP contribution < -0.4 is 0 Å². The van der Waals surface area contributed by atoms with E-state index in [2.05, 4.69) is 46.7 Å². The van der Waals surface area contributed by atoms with Gasteiger partial charge in [-0.2, -0.15) is 0 Å². The Bertz CT molecular complexity index is 405. The van der Waals surface area contributed by atoms with Crippen LogP contribution in [0, 0.1) is 17.3 Å². The molecule has 0 radical (unpaired) electrons. The SMILES string of the molecule is CC[C@H]1C(C)(C)c2oncc2C[C@]1(C)C(C)C. The van der Waals surface area contributed by atoms with Crippen LogP contribution in [0.2, 0.25) is 0 Å². The number of hydrogen-bond acceptors (Lipinski definition) is 2. The van der Waals surface area contributed by atoms with Gasteiger partial charge in [0.2, 0.25) is 0 Å². The van der Waals surface area contributed by atoms with E-state index in [4.69, 9.17) is 4.52 Å². The van der Waals surface area contributed by atoms with Gasteiger partial charge in [0.05, 0.1) is 6.20 Å². The first kappa shape index (κ1) is 12.7. The van der Waals surface area contributed by atoms with Crippen LogP contribution >= 0.6 is 0 Å². The van der Waals surface area contributed by atoms with Crippen LogP contribution in [0.3, 0.4) is 0 Å². The smallest absolute Gasteiger partial charge is 0.145 e. The van der Waals surface area contributed by atoms with Crippen LogP contribution in [0.1, 0.15) is 59.3 Å². The van der Waals surface area contributed by atoms with Gasteiger partial charge in [0.25, 0.3) is 0 Å². The molecule has 2 heteroatoms. The Morgan fingerprint density at radius 1 is 1.41 bits per heavy atom. The van der Waals surface area contributed by atoms with E-state index in [0.29, 0.717) is 17.3 Å². The van der Waals surface area contributed by atoms with Crippen molar-refractivity contribution in [2.24, 2.45) is 17.3 Å². The van der Waals surface area contributed by atoms with Gasteiger partial charge in [0.1, 0.15) is 5.76 Å². The summed E-state index contributed by atoms with van der Waals surface area (Å²) < 4.78 is 5.53. The van der Waals surface area contributed by atoms with E-state index in [1.54, 1.807) is 0 Å². The third kappa shape index (κ3) is 1.64. The summed E-state index contributed by atoms with van der Waals surface area (Å²) in [6.45, 7) is 14.0. The van der Waals surface area contributed by atoms with Crippen molar-refractivity contribution in [1.82, 2.24) is 5.16 Å². The van der Waals surface area contributed by atoms with Crippen LogP contribution in [0.4, 0.5) is 0 Å². The van der Waals surface area contributed by atoms with Crippen molar-refractivity contribution < 1.29 is 4.52 Å². The monoisotopic (exact) mass is 235 g/mol. The molecule has 0 aromatic carbocycles. The third-order valence-electron chi connectivity index (χ3n) is 5.20. The Hall–Kier alpha value is -0.790. The molecule has 0 saturated heterocycles. The summed E-state index contributed by atoms with van der Waals surface area (Å²) in [5, 5.41) is 4.02. The molecule has 0 N–H and O–H groups in total. The summed E-state index contributed by atoms with van der Waals surface area (Å²) in [7, 11) is 0. The molecule has 1 aliphatic carbocycles. The van der Waals surface area contributed by atoms with Gasteiger partial charge in [-0.1, -0.05) is 53.1 Å². The first-order chi connectivity index (χ1) is 7.84. The molecule has 0 bridgehead atoms. The molecule has 0 spiro atoms. The van der Waals surface area contributed by atoms with Gasteiger partial charge in [-0.05, 0) is 23.7 Å². The molecule has 2 rings (SSSR count). The van der Waals surface area contributed by atoms with Crippen LogP contribution in [0.5, 0.6) is 0 Å². The van der Waals surface area contributed by atoms with E-state index in [0.717, 1.165) is 12.2 Å². The van der Waals surface area contributed by atoms with Crippen molar-refractivity contribution in [2.45, 2.75) is 59.8 Å². The summed E-state index contributed by atoms with van der Waals surface area (Å²) in [6.07, 6.45) is 4.22. The van der Waals surface area contributed by atoms with E-state index in [-0.39, 0.29) is 5.41 Å². The van der Waals surface area contributed by atoms with E-state index in [1.165, 1.54) is 12.0 Å². The Morgan fingerprint density at radius 2 is 2.06 bits per heavy atom. The van der Waals surface area contributed by atoms with Crippen LogP contribution in [0.15, 0.2) is 10.7 Å². The molecule has 0 unspecified atom stereocenters. The summed E-state index contributed by atoms with van der Waals surface area (Å²) in [4.78, 5) is 0. The zero-order valence-electron chi connectivity index (χ0n) is 12.0. The summed E-state index contributed by atoms with van der Waals surface area (Å²) in [6, 6.07) is 0. The first-order valence-corrected chi connectivity index (χ1v) is 6.78. The second kappa shape index (κ2) is 3.86. The predicted molar refractivity (Wildman–Crippen MR) is 70.0 cm³/mol. The molecule has 2 nitrogen and oxygen atoms in total. The lowest BCUT2D eigenvalue weighted by atomic mass is 9.52. The molecule has 0 aliphatic heterocycles. The average molecular weight is 235 g/mol. The second-order valence-electron chi connectivity index (χ2n) is 6.70. The highest BCUT2D eigenvalue weighted by Gasteiger charge is 2.51. The molecule has 1 aromatic rings. The van der Waals surface area contributed by atoms with Gasteiger partial charge in [-0.25, -0.2) is 0 Å². The number of rotatable bonds is 2. The van der Waals surface area contributed by atoms with Gasteiger partial charge in [0, 0.05) is 11.0 Å². The third-order valence-corrected chi connectivity index (χ3v) is 5.20. The van der Waals surface area contributed by atoms with E-state index in [1.807, 2.05) is 6.20 Å². The quantitative estimate of drug-likeness (QED) is 0.768. The number of aromatic nitrogens is 1. The van der Waals surface area contributed by atoms with E-state index >= 15 is 0 Å². The summed E-state index contributed by atoms with van der Waals surface area (Å²) >= 11 is 0. The lowest BCUT2D eigenvalue weighted by Gasteiger charge is -2.51. The fourth-order valence-electron chi connectivity index (χ4n) is 4.02. The van der Waals surface area contributed by atoms with Crippen molar-refractivity contribution in [3.05, 3.63) is 17.5 Å². The maximum Gasteiger partial charge on any atom is 0.145 e. The van der Waals surface area contributed by atoms with Crippen molar-refractivity contribution in [1.29, 1.82) is 0 Å². The minimum Gasteiger partial charge on any atom is -0.361 e. The van der Waals surface area contributed by atoms with Crippen molar-refractivity contribution >= 4 is 0 Å². The molecule has 0 amide bonds. The average Bonchev–Trinajstić information content (AvgIpc) is 2.65. The predicted octanol–water partition coefficient (Wildman–Crippen LogP) is 4.20. The molecule has 17 heavy (non-hydrogen) atoms. The van der Waals surface area contributed by atoms with E-state index < -0.39 is 0 Å². The van der Waals surface area contributed by atoms with Gasteiger partial charge in [0.15, 0.2) is 0 Å². The fraction of sp³-hybridized carbons (Fsp3) is 0.800. The maximum absolute atomic E-state index is 5.53. The second-order valence-corrected chi connectivity index (χ2v) is 6.70. The Morgan fingerprint density at radius 3 is 2.59 bits per heavy atom. The van der Waals surface area contributed by atoms with Gasteiger partial charge >= 0.3 is 0 Å². The van der Waals surface area contributed by atoms with E-state index in [9.17, 15) is 0 Å². The molecule has 0 fully saturated rings. The van der Waals surface area contributed by atoms with Crippen molar-refractivity contribution in [3.63, 3.8) is 0 Å². The molecule has 96 valence electrons. The zero-order chi connectivity index (χ0) is 12.8. The standard InChI is InChI=1S/C15H25NO/c1-7-12-14(4,5)13-11(9-16-17-13)8-15(12,6)10(2)3/h9-10,12H,7-8H2,1-6H3/t12-,15+/m0/s1. The highest BCUT2D eigenvalue weighted by atomic mass is 16.5. The lowest BCUT2D eigenvalue weighted by Crippen LogP contribution is -2.48. The minimum absolute atomic E-state index is 0.0951. The summed E-state index contributed by atoms with van der Waals surface area (Å²) in [5.74, 6) is 2.44. The number of nitrogens with zero attached hydrogens (tertiary/aromatic N) is 1. The van der Waals surface area contributed by atoms with Crippen molar-refractivity contribution in [2.75, 3.05) is 0 Å². The molecular weight excluding hydrogens is 210 g/mol. The molecule has 1 aliphatic rings. The minimum atomic E-state index is 0.0951. The molecule has 2 atom stereocenters. The van der Waals surface area contributed by atoms with Crippen LogP contribution in [-0.4, -0.2) is 5.16 Å². The van der Waals surface area contributed by atoms with Crippen LogP contribution in [0.25, 0.3) is 0 Å². The zero-order valence-corrected chi connectivity index (χ0v) is 12.0. The fourth-order valence-corrected chi connectivity index (χ4v) is 4.02. The largest absolute Gasteiger partial charge is 0.361 e. The first-order valence-electron chi connectivity index (χ1n) is 6.78. The molecular formula is C15H25NO. The van der Waals surface area contributed by atoms with Gasteiger partial charge in [-0.15, -0.1) is 0 Å². The normalized spacial score (nSPS) is 31.6. The molecule has 0 saturated carbocycles. The molecule has 1 heterocycles. The Balaban J connectivity index is 2.55. The van der Waals surface area contributed by atoms with Crippen LogP contribution in [-0.2, 0) is 11.8 Å². The van der Waals surface area contributed by atoms with Gasteiger partial charge < -0.3 is 4.52 Å². The van der Waals surface area contributed by atoms with Gasteiger partial charge in [-0.3, -0.25) is 0 Å². The Labute approximate surface area is 105 Å². The maximum atomic E-state index is 5.53. The number of hydrogen-bond donors (Lipinski definition) is 0.